The highest BCUT2D eigenvalue weighted by atomic mass is 35.5. The van der Waals surface area contributed by atoms with Crippen molar-refractivity contribution < 1.29 is 8.42 Å². The molecule has 0 radical (unpaired) electrons. The van der Waals surface area contributed by atoms with E-state index in [2.05, 4.69) is 5.92 Å². The number of hydrogen-bond donors (Lipinski definition) is 0. The number of benzene rings is 2. The van der Waals surface area contributed by atoms with E-state index in [-0.39, 0.29) is 22.5 Å². The Morgan fingerprint density at radius 3 is 2.61 bits per heavy atom. The number of aryl methyl sites for hydroxylation is 1. The normalized spacial score (nSPS) is 17.0. The first-order valence-electron chi connectivity index (χ1n) is 7.33. The second-order valence-electron chi connectivity index (χ2n) is 5.44. The van der Waals surface area contributed by atoms with Gasteiger partial charge in [-0.25, -0.2) is 8.42 Å². The highest BCUT2D eigenvalue weighted by molar-refractivity contribution is 7.89. The van der Waals surface area contributed by atoms with E-state index in [1.54, 1.807) is 18.2 Å². The summed E-state index contributed by atoms with van der Waals surface area (Å²) in [6, 6.07) is 14.1. The van der Waals surface area contributed by atoms with Crippen LogP contribution in [-0.4, -0.2) is 19.3 Å². The Balaban J connectivity index is 2.07. The zero-order valence-corrected chi connectivity index (χ0v) is 14.0. The molecule has 0 amide bonds. The first kappa shape index (κ1) is 16.1. The van der Waals surface area contributed by atoms with Gasteiger partial charge in [0.05, 0.1) is 17.6 Å². The van der Waals surface area contributed by atoms with Gasteiger partial charge in [-0.1, -0.05) is 53.9 Å². The average molecular weight is 346 g/mol. The van der Waals surface area contributed by atoms with Crippen LogP contribution in [0.3, 0.4) is 0 Å². The van der Waals surface area contributed by atoms with Crippen LogP contribution in [-0.2, 0) is 16.4 Å². The first-order chi connectivity index (χ1) is 11.1. The van der Waals surface area contributed by atoms with E-state index in [1.165, 1.54) is 15.9 Å². The Bertz CT molecular complexity index is 871. The van der Waals surface area contributed by atoms with E-state index in [0.717, 1.165) is 18.4 Å². The Morgan fingerprint density at radius 1 is 1.17 bits per heavy atom. The summed E-state index contributed by atoms with van der Waals surface area (Å²) in [5.41, 5.74) is 2.20. The van der Waals surface area contributed by atoms with Gasteiger partial charge in [-0.2, -0.15) is 4.31 Å². The lowest BCUT2D eigenvalue weighted by Gasteiger charge is -2.27. The topological polar surface area (TPSA) is 37.4 Å². The fourth-order valence-electron chi connectivity index (χ4n) is 3.07. The van der Waals surface area contributed by atoms with Crippen LogP contribution in [0.1, 0.15) is 23.6 Å². The first-order valence-corrected chi connectivity index (χ1v) is 9.15. The van der Waals surface area contributed by atoms with E-state index >= 15 is 0 Å². The summed E-state index contributed by atoms with van der Waals surface area (Å²) in [6.07, 6.45) is 7.01. The third-order valence-electron chi connectivity index (χ3n) is 4.12. The van der Waals surface area contributed by atoms with E-state index in [4.69, 9.17) is 18.0 Å². The monoisotopic (exact) mass is 345 g/mol. The van der Waals surface area contributed by atoms with E-state index in [9.17, 15) is 8.42 Å². The third kappa shape index (κ3) is 2.88. The van der Waals surface area contributed by atoms with Crippen LogP contribution >= 0.6 is 11.6 Å². The molecule has 0 aliphatic heterocycles. The molecular formula is C18H16ClNO2S. The summed E-state index contributed by atoms with van der Waals surface area (Å²) in [5, 5.41) is 0.209. The largest absolute Gasteiger partial charge is 0.245 e. The lowest BCUT2D eigenvalue weighted by molar-refractivity contribution is 0.352. The van der Waals surface area contributed by atoms with Gasteiger partial charge in [0.15, 0.2) is 0 Å². The highest BCUT2D eigenvalue weighted by Gasteiger charge is 2.36. The van der Waals surface area contributed by atoms with E-state index < -0.39 is 10.0 Å². The SMILES string of the molecule is C#CCN([C@@H]1CCc2ccccc21)S(=O)(=O)c1ccccc1Cl. The van der Waals surface area contributed by atoms with Crippen LogP contribution in [0, 0.1) is 12.3 Å². The van der Waals surface area contributed by atoms with Crippen LogP contribution in [0.4, 0.5) is 0 Å². The molecule has 0 unspecified atom stereocenters. The zero-order chi connectivity index (χ0) is 16.4. The van der Waals surface area contributed by atoms with Crippen molar-refractivity contribution in [1.82, 2.24) is 4.31 Å². The predicted octanol–water partition coefficient (Wildman–Crippen LogP) is 3.65. The van der Waals surface area contributed by atoms with Gasteiger partial charge in [0.1, 0.15) is 4.90 Å². The molecule has 0 spiro atoms. The van der Waals surface area contributed by atoms with Gasteiger partial charge in [-0.15, -0.1) is 6.42 Å². The molecule has 118 valence electrons. The number of rotatable bonds is 4. The molecule has 0 N–H and O–H groups in total. The van der Waals surface area contributed by atoms with E-state index in [0.29, 0.717) is 0 Å². The molecule has 23 heavy (non-hydrogen) atoms. The quantitative estimate of drug-likeness (QED) is 0.793. The van der Waals surface area contributed by atoms with Gasteiger partial charge in [-0.3, -0.25) is 0 Å². The number of halogens is 1. The maximum atomic E-state index is 13.1. The summed E-state index contributed by atoms with van der Waals surface area (Å²) in [4.78, 5) is 0.0984. The molecule has 1 aliphatic carbocycles. The molecule has 0 fully saturated rings. The van der Waals surface area contributed by atoms with Crippen molar-refractivity contribution in [2.75, 3.05) is 6.54 Å². The maximum absolute atomic E-state index is 13.1. The van der Waals surface area contributed by atoms with E-state index in [1.807, 2.05) is 24.3 Å². The smallest absolute Gasteiger partial charge is 0.207 e. The minimum atomic E-state index is -3.76. The van der Waals surface area contributed by atoms with Crippen LogP contribution in [0.2, 0.25) is 5.02 Å². The van der Waals surface area contributed by atoms with Crippen LogP contribution in [0.15, 0.2) is 53.4 Å². The summed E-state index contributed by atoms with van der Waals surface area (Å²) in [5.74, 6) is 2.47. The van der Waals surface area contributed by atoms with Gasteiger partial charge in [-0.05, 0) is 36.1 Å². The molecular weight excluding hydrogens is 330 g/mol. The molecule has 2 aromatic rings. The molecule has 1 aliphatic rings. The van der Waals surface area contributed by atoms with Crippen LogP contribution in [0.5, 0.6) is 0 Å². The minimum absolute atomic E-state index is 0.0204. The van der Waals surface area contributed by atoms with Crippen molar-refractivity contribution in [3.63, 3.8) is 0 Å². The summed E-state index contributed by atoms with van der Waals surface area (Å²) < 4.78 is 27.6. The molecule has 3 nitrogen and oxygen atoms in total. The van der Waals surface area contributed by atoms with Gasteiger partial charge >= 0.3 is 0 Å². The number of nitrogens with zero attached hydrogens (tertiary/aromatic N) is 1. The van der Waals surface area contributed by atoms with Crippen LogP contribution < -0.4 is 0 Å². The lowest BCUT2D eigenvalue weighted by atomic mass is 10.1. The summed E-state index contributed by atoms with van der Waals surface area (Å²) in [6.45, 7) is 0.0204. The molecule has 1 atom stereocenters. The van der Waals surface area contributed by atoms with Gasteiger partial charge in [0.25, 0.3) is 0 Å². The van der Waals surface area contributed by atoms with Crippen molar-refractivity contribution in [1.29, 1.82) is 0 Å². The fourth-order valence-corrected chi connectivity index (χ4v) is 5.11. The Labute approximate surface area is 141 Å². The number of sulfonamides is 1. The molecule has 0 heterocycles. The van der Waals surface area contributed by atoms with Gasteiger partial charge < -0.3 is 0 Å². The van der Waals surface area contributed by atoms with Crippen molar-refractivity contribution in [3.8, 4) is 12.3 Å². The Morgan fingerprint density at radius 2 is 1.87 bits per heavy atom. The van der Waals surface area contributed by atoms with Gasteiger partial charge in [0, 0.05) is 0 Å². The average Bonchev–Trinajstić information content (AvgIpc) is 2.96. The van der Waals surface area contributed by atoms with Crippen LogP contribution in [0.25, 0.3) is 0 Å². The second kappa shape index (κ2) is 6.37. The molecule has 2 aromatic carbocycles. The fraction of sp³-hybridized carbons (Fsp3) is 0.222. The molecule has 0 saturated carbocycles. The van der Waals surface area contributed by atoms with Crippen molar-refractivity contribution >= 4 is 21.6 Å². The Kier molecular flexibility index (Phi) is 4.45. The molecule has 0 bridgehead atoms. The highest BCUT2D eigenvalue weighted by Crippen LogP contribution is 2.39. The molecule has 0 saturated heterocycles. The number of hydrogen-bond acceptors (Lipinski definition) is 2. The van der Waals surface area contributed by atoms with Crippen molar-refractivity contribution in [3.05, 3.63) is 64.7 Å². The summed E-state index contributed by atoms with van der Waals surface area (Å²) in [7, 11) is -3.76. The Hall–Kier alpha value is -1.80. The summed E-state index contributed by atoms with van der Waals surface area (Å²) >= 11 is 6.10. The van der Waals surface area contributed by atoms with Crippen molar-refractivity contribution in [2.24, 2.45) is 0 Å². The minimum Gasteiger partial charge on any atom is -0.207 e. The van der Waals surface area contributed by atoms with Gasteiger partial charge in [0.2, 0.25) is 10.0 Å². The molecule has 5 heteroatoms. The third-order valence-corrected chi connectivity index (χ3v) is 6.47. The molecule has 3 rings (SSSR count). The number of fused-ring (bicyclic) bond motifs is 1. The predicted molar refractivity (Wildman–Crippen MR) is 91.7 cm³/mol. The number of terminal acetylenes is 1. The maximum Gasteiger partial charge on any atom is 0.245 e. The van der Waals surface area contributed by atoms with Crippen molar-refractivity contribution in [2.45, 2.75) is 23.8 Å². The second-order valence-corrected chi connectivity index (χ2v) is 7.70. The lowest BCUT2D eigenvalue weighted by Crippen LogP contribution is -2.34. The zero-order valence-electron chi connectivity index (χ0n) is 12.4. The molecule has 0 aromatic heterocycles. The standard InChI is InChI=1S/C18H16ClNO2S/c1-2-13-20(17-12-11-14-7-3-4-8-15(14)17)23(21,22)18-10-6-5-9-16(18)19/h1,3-10,17H,11-13H2/t17-/m1/s1.